The van der Waals surface area contributed by atoms with E-state index in [1.807, 2.05) is 0 Å². The first-order chi connectivity index (χ1) is 8.97. The molecule has 98 valence electrons. The first-order valence-electron chi connectivity index (χ1n) is 6.30. The Bertz CT molecular complexity index is 780. The Kier molecular flexibility index (Phi) is 2.64. The summed E-state index contributed by atoms with van der Waals surface area (Å²) in [4.78, 5) is 9.38. The van der Waals surface area contributed by atoms with E-state index >= 15 is 0 Å². The number of benzene rings is 1. The average molecular weight is 271 g/mol. The molecule has 2 heterocycles. The van der Waals surface area contributed by atoms with Crippen molar-refractivity contribution in [2.45, 2.75) is 27.7 Å². The van der Waals surface area contributed by atoms with Crippen molar-refractivity contribution < 1.29 is 0 Å². The Morgan fingerprint density at radius 2 is 1.89 bits per heavy atom. The van der Waals surface area contributed by atoms with Gasteiger partial charge in [0.15, 0.2) is 0 Å². The Hall–Kier alpha value is -1.81. The summed E-state index contributed by atoms with van der Waals surface area (Å²) in [7, 11) is 0. The quantitative estimate of drug-likeness (QED) is 0.700. The lowest BCUT2D eigenvalue weighted by atomic mass is 10.1. The number of aryl methyl sites for hydroxylation is 3. The molecular formula is C15H17N3S. The van der Waals surface area contributed by atoms with Crippen LogP contribution < -0.4 is 5.73 Å². The molecule has 2 aromatic heterocycles. The minimum Gasteiger partial charge on any atom is -0.390 e. The summed E-state index contributed by atoms with van der Waals surface area (Å²) in [5.74, 6) is 0.878. The molecule has 3 nitrogen and oxygen atoms in total. The zero-order chi connectivity index (χ0) is 13.7. The normalized spacial score (nSPS) is 11.4. The third-order valence-electron chi connectivity index (χ3n) is 3.57. The number of nitrogen functional groups attached to an aromatic ring is 1. The Morgan fingerprint density at radius 1 is 1.16 bits per heavy atom. The van der Waals surface area contributed by atoms with E-state index in [2.05, 4.69) is 44.8 Å². The van der Waals surface area contributed by atoms with E-state index in [-0.39, 0.29) is 0 Å². The molecule has 0 atom stereocenters. The molecule has 3 rings (SSSR count). The summed E-state index contributed by atoms with van der Waals surface area (Å²) in [5.41, 5.74) is 12.9. The van der Waals surface area contributed by atoms with Gasteiger partial charge in [0, 0.05) is 4.88 Å². The Balaban J connectivity index is 2.29. The Morgan fingerprint density at radius 3 is 2.53 bits per heavy atom. The van der Waals surface area contributed by atoms with E-state index in [9.17, 15) is 0 Å². The van der Waals surface area contributed by atoms with E-state index in [1.54, 1.807) is 11.3 Å². The summed E-state index contributed by atoms with van der Waals surface area (Å²) in [6.07, 6.45) is 0. The molecule has 0 fully saturated rings. The maximum Gasteiger partial charge on any atom is 0.141 e. The molecule has 1 aromatic carbocycles. The third-order valence-corrected chi connectivity index (χ3v) is 4.61. The molecule has 0 amide bonds. The van der Waals surface area contributed by atoms with Crippen LogP contribution in [0.15, 0.2) is 12.1 Å². The smallest absolute Gasteiger partial charge is 0.141 e. The molecule has 0 bridgehead atoms. The highest BCUT2D eigenvalue weighted by Gasteiger charge is 2.16. The molecule has 3 aromatic rings. The topological polar surface area (TPSA) is 54.7 Å². The summed E-state index contributed by atoms with van der Waals surface area (Å²) in [6.45, 7) is 8.39. The van der Waals surface area contributed by atoms with Gasteiger partial charge in [-0.3, -0.25) is 0 Å². The zero-order valence-corrected chi connectivity index (χ0v) is 12.4. The van der Waals surface area contributed by atoms with Crippen molar-refractivity contribution in [2.75, 3.05) is 5.73 Å². The molecular weight excluding hydrogens is 254 g/mol. The molecule has 3 N–H and O–H groups in total. The average Bonchev–Trinajstić information content (AvgIpc) is 2.81. The van der Waals surface area contributed by atoms with Gasteiger partial charge in [0.25, 0.3) is 0 Å². The monoisotopic (exact) mass is 271 g/mol. The van der Waals surface area contributed by atoms with Crippen molar-refractivity contribution in [3.8, 4) is 11.4 Å². The highest BCUT2D eigenvalue weighted by Crippen LogP contribution is 2.37. The van der Waals surface area contributed by atoms with Crippen LogP contribution in [0.3, 0.4) is 0 Å². The van der Waals surface area contributed by atoms with Gasteiger partial charge in [-0.2, -0.15) is 0 Å². The predicted molar refractivity (Wildman–Crippen MR) is 82.8 cm³/mol. The van der Waals surface area contributed by atoms with Gasteiger partial charge in [0.05, 0.1) is 21.6 Å². The van der Waals surface area contributed by atoms with Crippen molar-refractivity contribution >= 4 is 27.4 Å². The molecule has 0 saturated carbocycles. The second-order valence-electron chi connectivity index (χ2n) is 5.09. The standard InChI is InChI=1S/C15H17N3S/c1-7-5-8(2)13-11(6-7)17-15(18-13)12-9(3)10(4)19-14(12)16/h5-6H,16H2,1-4H3,(H,17,18). The molecule has 0 aliphatic rings. The number of thiophene rings is 1. The van der Waals surface area contributed by atoms with E-state index in [0.717, 1.165) is 27.4 Å². The molecule has 19 heavy (non-hydrogen) atoms. The highest BCUT2D eigenvalue weighted by atomic mass is 32.1. The highest BCUT2D eigenvalue weighted by molar-refractivity contribution is 7.16. The van der Waals surface area contributed by atoms with Gasteiger partial charge >= 0.3 is 0 Å². The molecule has 0 radical (unpaired) electrons. The third kappa shape index (κ3) is 1.83. The van der Waals surface area contributed by atoms with Crippen molar-refractivity contribution in [3.05, 3.63) is 33.7 Å². The van der Waals surface area contributed by atoms with Gasteiger partial charge < -0.3 is 10.7 Å². The number of fused-ring (bicyclic) bond motifs is 1. The van der Waals surface area contributed by atoms with Crippen molar-refractivity contribution in [1.29, 1.82) is 0 Å². The van der Waals surface area contributed by atoms with Gasteiger partial charge in [-0.1, -0.05) is 6.07 Å². The van der Waals surface area contributed by atoms with Crippen LogP contribution in [-0.4, -0.2) is 9.97 Å². The summed E-state index contributed by atoms with van der Waals surface area (Å²) < 4.78 is 0. The summed E-state index contributed by atoms with van der Waals surface area (Å²) in [6, 6.07) is 4.28. The first-order valence-corrected chi connectivity index (χ1v) is 7.12. The van der Waals surface area contributed by atoms with Crippen molar-refractivity contribution in [3.63, 3.8) is 0 Å². The van der Waals surface area contributed by atoms with Gasteiger partial charge in [0.2, 0.25) is 0 Å². The van der Waals surface area contributed by atoms with E-state index in [1.165, 1.54) is 21.6 Å². The molecule has 0 unspecified atom stereocenters. The van der Waals surface area contributed by atoms with Gasteiger partial charge in [0.1, 0.15) is 5.82 Å². The SMILES string of the molecule is Cc1cc(C)c2nc(-c3c(N)sc(C)c3C)[nH]c2c1. The van der Waals surface area contributed by atoms with Crippen LogP contribution in [0.5, 0.6) is 0 Å². The van der Waals surface area contributed by atoms with Crippen LogP contribution >= 0.6 is 11.3 Å². The number of rotatable bonds is 1. The van der Waals surface area contributed by atoms with E-state index in [4.69, 9.17) is 10.7 Å². The molecule has 0 aliphatic heterocycles. The number of aromatic amines is 1. The van der Waals surface area contributed by atoms with E-state index in [0.29, 0.717) is 0 Å². The van der Waals surface area contributed by atoms with Crippen LogP contribution in [0.25, 0.3) is 22.4 Å². The summed E-state index contributed by atoms with van der Waals surface area (Å²) in [5, 5.41) is 0.837. The molecule has 0 spiro atoms. The predicted octanol–water partition coefficient (Wildman–Crippen LogP) is 4.11. The number of aromatic nitrogens is 2. The van der Waals surface area contributed by atoms with Gasteiger partial charge in [-0.25, -0.2) is 4.98 Å². The minimum absolute atomic E-state index is 0.837. The van der Waals surface area contributed by atoms with Crippen LogP contribution in [0.1, 0.15) is 21.6 Å². The molecule has 4 heteroatoms. The van der Waals surface area contributed by atoms with E-state index < -0.39 is 0 Å². The number of imidazole rings is 1. The van der Waals surface area contributed by atoms with Crippen molar-refractivity contribution in [2.24, 2.45) is 0 Å². The van der Waals surface area contributed by atoms with Gasteiger partial charge in [-0.05, 0) is 50.5 Å². The fraction of sp³-hybridized carbons (Fsp3) is 0.267. The maximum atomic E-state index is 6.12. The lowest BCUT2D eigenvalue weighted by Gasteiger charge is -1.97. The van der Waals surface area contributed by atoms with Gasteiger partial charge in [-0.15, -0.1) is 11.3 Å². The lowest BCUT2D eigenvalue weighted by molar-refractivity contribution is 1.31. The first kappa shape index (κ1) is 12.2. The maximum absolute atomic E-state index is 6.12. The number of hydrogen-bond donors (Lipinski definition) is 2. The van der Waals surface area contributed by atoms with Crippen molar-refractivity contribution in [1.82, 2.24) is 9.97 Å². The fourth-order valence-corrected chi connectivity index (χ4v) is 3.47. The second kappa shape index (κ2) is 4.10. The number of H-pyrrole nitrogens is 1. The minimum atomic E-state index is 0.837. The number of nitrogens with one attached hydrogen (secondary N) is 1. The summed E-state index contributed by atoms with van der Waals surface area (Å²) >= 11 is 1.63. The number of hydrogen-bond acceptors (Lipinski definition) is 3. The lowest BCUT2D eigenvalue weighted by Crippen LogP contribution is -1.87. The molecule has 0 aliphatic carbocycles. The fourth-order valence-electron chi connectivity index (χ4n) is 2.54. The number of nitrogens with two attached hydrogens (primary N) is 1. The van der Waals surface area contributed by atoms with Crippen LogP contribution in [-0.2, 0) is 0 Å². The molecule has 0 saturated heterocycles. The van der Waals surface area contributed by atoms with Crippen LogP contribution in [0.2, 0.25) is 0 Å². The Labute approximate surface area is 116 Å². The number of nitrogens with zero attached hydrogens (tertiary/aromatic N) is 1. The zero-order valence-electron chi connectivity index (χ0n) is 11.6. The van der Waals surface area contributed by atoms with Crippen LogP contribution in [0.4, 0.5) is 5.00 Å². The number of anilines is 1. The largest absolute Gasteiger partial charge is 0.390 e. The second-order valence-corrected chi connectivity index (χ2v) is 6.34. The van der Waals surface area contributed by atoms with Crippen LogP contribution in [0, 0.1) is 27.7 Å².